The van der Waals surface area contributed by atoms with Gasteiger partial charge in [0.25, 0.3) is 0 Å². The van der Waals surface area contributed by atoms with Crippen LogP contribution in [-0.4, -0.2) is 59.0 Å². The zero-order valence-electron chi connectivity index (χ0n) is 31.5. The van der Waals surface area contributed by atoms with E-state index in [9.17, 15) is 24.5 Å². The van der Waals surface area contributed by atoms with Crippen LogP contribution in [0.2, 0.25) is 0 Å². The summed E-state index contributed by atoms with van der Waals surface area (Å²) in [6.45, 7) is 3.94. The molecule has 0 saturated heterocycles. The lowest BCUT2D eigenvalue weighted by molar-refractivity contribution is -0.124. The van der Waals surface area contributed by atoms with Crippen molar-refractivity contribution in [2.24, 2.45) is 5.73 Å². The fourth-order valence-electron chi connectivity index (χ4n) is 5.76. The molecule has 4 unspecified atom stereocenters. The third-order valence-electron chi connectivity index (χ3n) is 8.83. The Morgan fingerprint density at radius 2 is 1.14 bits per heavy atom. The summed E-state index contributed by atoms with van der Waals surface area (Å²) in [6.07, 6.45) is 35.5. The first-order chi connectivity index (χ1) is 23.8. The molecule has 1 amide bonds. The number of phosphoric acid groups is 1. The van der Waals surface area contributed by atoms with Crippen LogP contribution in [0, 0.1) is 0 Å². The fourth-order valence-corrected chi connectivity index (χ4v) is 6.52. The first kappa shape index (κ1) is 47.9. The van der Waals surface area contributed by atoms with Crippen molar-refractivity contribution < 1.29 is 33.5 Å². The highest BCUT2D eigenvalue weighted by atomic mass is 31.2. The normalized spacial score (nSPS) is 15.1. The number of unbranched alkanes of at least 4 members (excludes halogenated alkanes) is 21. The number of carbonyl (C=O) groups is 1. The number of rotatable bonds is 37. The number of nitrogens with two attached hydrogens (primary N) is 1. The van der Waals surface area contributed by atoms with Crippen molar-refractivity contribution in [3.05, 3.63) is 24.3 Å². The van der Waals surface area contributed by atoms with Crippen molar-refractivity contribution in [1.29, 1.82) is 0 Å². The number of phosphoric ester groups is 1. The topological polar surface area (TPSA) is 151 Å². The van der Waals surface area contributed by atoms with E-state index in [1.165, 1.54) is 103 Å². The van der Waals surface area contributed by atoms with Crippen LogP contribution in [0.3, 0.4) is 0 Å². The molecule has 0 aromatic carbocycles. The van der Waals surface area contributed by atoms with Gasteiger partial charge in [0, 0.05) is 6.54 Å². The minimum absolute atomic E-state index is 0.0479. The van der Waals surface area contributed by atoms with E-state index >= 15 is 0 Å². The van der Waals surface area contributed by atoms with Gasteiger partial charge in [-0.15, -0.1) is 0 Å². The number of amides is 1. The summed E-state index contributed by atoms with van der Waals surface area (Å²) in [5, 5.41) is 23.9. The molecule has 0 heterocycles. The Hall–Kier alpha value is -1.06. The molecule has 0 aliphatic carbocycles. The van der Waals surface area contributed by atoms with Crippen molar-refractivity contribution >= 4 is 13.7 Å². The molecule has 9 nitrogen and oxygen atoms in total. The zero-order valence-corrected chi connectivity index (χ0v) is 32.4. The minimum atomic E-state index is -4.39. The average Bonchev–Trinajstić information content (AvgIpc) is 3.07. The molecule has 0 fully saturated rings. The quantitative estimate of drug-likeness (QED) is 0.0242. The minimum Gasteiger partial charge on any atom is -0.393 e. The zero-order chi connectivity index (χ0) is 36.3. The van der Waals surface area contributed by atoms with E-state index in [4.69, 9.17) is 14.8 Å². The number of nitrogens with one attached hydrogen (secondary N) is 1. The van der Waals surface area contributed by atoms with Gasteiger partial charge < -0.3 is 26.2 Å². The molecule has 0 bridgehead atoms. The van der Waals surface area contributed by atoms with Crippen molar-refractivity contribution in [2.45, 2.75) is 199 Å². The van der Waals surface area contributed by atoms with Gasteiger partial charge >= 0.3 is 7.82 Å². The van der Waals surface area contributed by atoms with Crippen LogP contribution in [0.25, 0.3) is 0 Å². The van der Waals surface area contributed by atoms with E-state index in [1.54, 1.807) is 6.08 Å². The van der Waals surface area contributed by atoms with Gasteiger partial charge in [-0.05, 0) is 44.9 Å². The van der Waals surface area contributed by atoms with Gasteiger partial charge in [-0.25, -0.2) is 4.57 Å². The molecule has 0 saturated carbocycles. The summed E-state index contributed by atoms with van der Waals surface area (Å²) in [6, 6.07) is -0.983. The lowest BCUT2D eigenvalue weighted by Gasteiger charge is -2.24. The summed E-state index contributed by atoms with van der Waals surface area (Å²) >= 11 is 0. The lowest BCUT2D eigenvalue weighted by Crippen LogP contribution is -2.46. The highest BCUT2D eigenvalue weighted by Gasteiger charge is 2.27. The summed E-state index contributed by atoms with van der Waals surface area (Å²) in [7, 11) is -4.39. The van der Waals surface area contributed by atoms with Crippen LogP contribution in [0.1, 0.15) is 181 Å². The summed E-state index contributed by atoms with van der Waals surface area (Å²) in [5.41, 5.74) is 5.34. The SMILES string of the molecule is CCCCCCCCCCC/C=C\CCCCCC(O)CC(=O)NC(COP(=O)(O)OCCN)C(O)/C=C/CCCCCCCCCCC. The standard InChI is InChI=1S/C39H77N2O7P/c1-3-5-7-9-11-13-15-16-17-18-19-21-22-24-26-28-30-36(42)34-39(44)41-37(35-48-49(45,46)47-33-32-40)38(43)31-29-27-25-23-20-14-12-10-8-6-4-2/h19,21,29,31,36-38,42-43H,3-18,20,22-28,30,32-35,40H2,1-2H3,(H,41,44)(H,45,46)/b21-19-,31-29+. The van der Waals surface area contributed by atoms with Gasteiger partial charge in [0.15, 0.2) is 0 Å². The number of hydrogen-bond donors (Lipinski definition) is 5. The van der Waals surface area contributed by atoms with Crippen molar-refractivity contribution in [1.82, 2.24) is 5.32 Å². The van der Waals surface area contributed by atoms with E-state index in [2.05, 4.69) is 31.3 Å². The summed E-state index contributed by atoms with van der Waals surface area (Å²) < 4.78 is 22.0. The molecule has 290 valence electrons. The number of aliphatic hydroxyl groups excluding tert-OH is 2. The molecule has 0 aliphatic heterocycles. The molecule has 0 aromatic heterocycles. The van der Waals surface area contributed by atoms with Gasteiger partial charge in [0.05, 0.1) is 37.9 Å². The third kappa shape index (κ3) is 33.8. The summed E-state index contributed by atoms with van der Waals surface area (Å²) in [5.74, 6) is -0.456. The van der Waals surface area contributed by atoms with Gasteiger partial charge in [-0.1, -0.05) is 154 Å². The second-order valence-electron chi connectivity index (χ2n) is 13.7. The Morgan fingerprint density at radius 1 is 0.694 bits per heavy atom. The maximum Gasteiger partial charge on any atom is 0.472 e. The largest absolute Gasteiger partial charge is 0.472 e. The van der Waals surface area contributed by atoms with Crippen LogP contribution < -0.4 is 11.1 Å². The second-order valence-corrected chi connectivity index (χ2v) is 15.1. The first-order valence-electron chi connectivity index (χ1n) is 20.0. The molecule has 0 aliphatic rings. The van der Waals surface area contributed by atoms with E-state index < -0.39 is 38.6 Å². The van der Waals surface area contributed by atoms with Crippen LogP contribution >= 0.6 is 7.82 Å². The van der Waals surface area contributed by atoms with E-state index in [0.29, 0.717) is 6.42 Å². The highest BCUT2D eigenvalue weighted by Crippen LogP contribution is 2.43. The predicted molar refractivity (Wildman–Crippen MR) is 204 cm³/mol. The Kier molecular flexibility index (Phi) is 34.6. The van der Waals surface area contributed by atoms with Crippen molar-refractivity contribution in [3.63, 3.8) is 0 Å². The van der Waals surface area contributed by atoms with Crippen molar-refractivity contribution in [2.75, 3.05) is 19.8 Å². The highest BCUT2D eigenvalue weighted by molar-refractivity contribution is 7.47. The lowest BCUT2D eigenvalue weighted by atomic mass is 10.0. The van der Waals surface area contributed by atoms with Gasteiger partial charge in [0.1, 0.15) is 0 Å². The monoisotopic (exact) mass is 717 g/mol. The Labute approximate surface area is 300 Å². The predicted octanol–water partition coefficient (Wildman–Crippen LogP) is 9.58. The smallest absolute Gasteiger partial charge is 0.393 e. The number of allylic oxidation sites excluding steroid dienone is 3. The molecule has 6 N–H and O–H groups in total. The van der Waals surface area contributed by atoms with Gasteiger partial charge in [0.2, 0.25) is 5.91 Å². The van der Waals surface area contributed by atoms with Crippen LogP contribution in [0.5, 0.6) is 0 Å². The molecule has 0 aromatic rings. The first-order valence-corrected chi connectivity index (χ1v) is 21.5. The number of aliphatic hydroxyl groups is 2. The molecular weight excluding hydrogens is 639 g/mol. The van der Waals surface area contributed by atoms with Crippen LogP contribution in [0.4, 0.5) is 0 Å². The molecule has 0 rings (SSSR count). The van der Waals surface area contributed by atoms with Gasteiger partial charge in [-0.3, -0.25) is 13.8 Å². The summed E-state index contributed by atoms with van der Waals surface area (Å²) in [4.78, 5) is 22.6. The Balaban J connectivity index is 4.37. The fraction of sp³-hybridized carbons (Fsp3) is 0.872. The molecular formula is C39H77N2O7P. The molecule has 10 heteroatoms. The van der Waals surface area contributed by atoms with E-state index in [0.717, 1.165) is 51.4 Å². The molecule has 49 heavy (non-hydrogen) atoms. The van der Waals surface area contributed by atoms with E-state index in [1.807, 2.05) is 6.08 Å². The van der Waals surface area contributed by atoms with Crippen LogP contribution in [-0.2, 0) is 18.4 Å². The second kappa shape index (κ2) is 35.3. The number of hydrogen-bond acceptors (Lipinski definition) is 7. The molecule has 0 radical (unpaired) electrons. The number of carbonyl (C=O) groups excluding carboxylic acids is 1. The molecule has 0 spiro atoms. The van der Waals surface area contributed by atoms with E-state index in [-0.39, 0.29) is 19.6 Å². The molecule has 4 atom stereocenters. The average molecular weight is 717 g/mol. The maximum atomic E-state index is 12.7. The van der Waals surface area contributed by atoms with Gasteiger partial charge in [-0.2, -0.15) is 0 Å². The van der Waals surface area contributed by atoms with Crippen molar-refractivity contribution in [3.8, 4) is 0 Å². The van der Waals surface area contributed by atoms with Crippen LogP contribution in [0.15, 0.2) is 24.3 Å². The Bertz CT molecular complexity index is 842. The Morgan fingerprint density at radius 3 is 1.63 bits per heavy atom. The third-order valence-corrected chi connectivity index (χ3v) is 9.81. The maximum absolute atomic E-state index is 12.7.